The third kappa shape index (κ3) is 4.05. The molecule has 0 bridgehead atoms. The minimum absolute atomic E-state index is 0.187. The Morgan fingerprint density at radius 3 is 2.69 bits per heavy atom. The third-order valence-electron chi connectivity index (χ3n) is 1.68. The van der Waals surface area contributed by atoms with Crippen molar-refractivity contribution in [2.75, 3.05) is 13.7 Å². The second-order valence-electron chi connectivity index (χ2n) is 2.85. The fourth-order valence-corrected chi connectivity index (χ4v) is 1.47. The molecule has 0 atom stereocenters. The lowest BCUT2D eigenvalue weighted by molar-refractivity contribution is -0.122. The molecule has 0 aliphatic rings. The monoisotopic (exact) mass is 334 g/mol. The first kappa shape index (κ1) is 12.8. The molecule has 0 spiro atoms. The molecule has 0 unspecified atom stereocenters. The molecule has 0 saturated heterocycles. The molecule has 86 valence electrons. The molecule has 0 heterocycles. The average Bonchev–Trinajstić information content (AvgIpc) is 2.28. The molecule has 1 aromatic carbocycles. The van der Waals surface area contributed by atoms with Crippen LogP contribution in [0.3, 0.4) is 0 Å². The van der Waals surface area contributed by atoms with Crippen LogP contribution < -0.4 is 15.4 Å². The second kappa shape index (κ2) is 6.31. The van der Waals surface area contributed by atoms with Crippen LogP contribution in [0.25, 0.3) is 0 Å². The van der Waals surface area contributed by atoms with E-state index in [1.807, 2.05) is 18.2 Å². The average molecular weight is 334 g/mol. The van der Waals surface area contributed by atoms with Crippen molar-refractivity contribution < 1.29 is 14.3 Å². The van der Waals surface area contributed by atoms with Crippen molar-refractivity contribution in [2.45, 2.75) is 0 Å². The van der Waals surface area contributed by atoms with Crippen LogP contribution in [-0.4, -0.2) is 25.6 Å². The zero-order valence-electron chi connectivity index (χ0n) is 8.62. The van der Waals surface area contributed by atoms with E-state index in [9.17, 15) is 9.59 Å². The number of hydrogen-bond acceptors (Lipinski definition) is 3. The number of imide groups is 1. The molecular weight excluding hydrogens is 323 g/mol. The lowest BCUT2D eigenvalue weighted by Gasteiger charge is -2.07. The molecule has 0 aliphatic heterocycles. The zero-order chi connectivity index (χ0) is 12.0. The molecule has 3 amide bonds. The van der Waals surface area contributed by atoms with E-state index in [-0.39, 0.29) is 6.61 Å². The van der Waals surface area contributed by atoms with E-state index in [4.69, 9.17) is 4.74 Å². The molecule has 16 heavy (non-hydrogen) atoms. The number of ether oxygens (including phenoxy) is 1. The summed E-state index contributed by atoms with van der Waals surface area (Å²) in [6, 6.07) is 6.77. The topological polar surface area (TPSA) is 67.4 Å². The van der Waals surface area contributed by atoms with Gasteiger partial charge in [0.25, 0.3) is 5.91 Å². The van der Waals surface area contributed by atoms with Gasteiger partial charge < -0.3 is 10.1 Å². The Balaban J connectivity index is 2.43. The standard InChI is InChI=1S/C10H11IN2O3/c1-12-10(15)13-9(14)6-16-8-5-3-2-4-7(8)11/h2-5H,6H2,1H3,(H2,12,13,14,15). The molecule has 6 heteroatoms. The zero-order valence-corrected chi connectivity index (χ0v) is 10.8. The van der Waals surface area contributed by atoms with Crippen LogP contribution >= 0.6 is 22.6 Å². The summed E-state index contributed by atoms with van der Waals surface area (Å²) in [7, 11) is 1.43. The number of benzene rings is 1. The highest BCUT2D eigenvalue weighted by atomic mass is 127. The number of rotatable bonds is 3. The molecule has 0 aromatic heterocycles. The van der Waals surface area contributed by atoms with Gasteiger partial charge in [-0.1, -0.05) is 12.1 Å². The predicted octanol–water partition coefficient (Wildman–Crippen LogP) is 1.13. The van der Waals surface area contributed by atoms with Crippen molar-refractivity contribution in [3.05, 3.63) is 27.8 Å². The maximum atomic E-state index is 11.2. The van der Waals surface area contributed by atoms with E-state index in [2.05, 4.69) is 33.2 Å². The van der Waals surface area contributed by atoms with Crippen molar-refractivity contribution in [3.8, 4) is 5.75 Å². The Hall–Kier alpha value is -1.31. The molecule has 0 aliphatic carbocycles. The first-order chi connectivity index (χ1) is 7.63. The van der Waals surface area contributed by atoms with E-state index in [0.29, 0.717) is 5.75 Å². The molecule has 1 aromatic rings. The normalized spacial score (nSPS) is 9.38. The highest BCUT2D eigenvalue weighted by Gasteiger charge is 2.07. The SMILES string of the molecule is CNC(=O)NC(=O)COc1ccccc1I. The van der Waals surface area contributed by atoms with E-state index in [1.54, 1.807) is 6.07 Å². The third-order valence-corrected chi connectivity index (χ3v) is 2.57. The number of hydrogen-bond donors (Lipinski definition) is 2. The van der Waals surface area contributed by atoms with Crippen molar-refractivity contribution in [2.24, 2.45) is 0 Å². The number of para-hydroxylation sites is 1. The van der Waals surface area contributed by atoms with Gasteiger partial charge in [0.15, 0.2) is 6.61 Å². The molecular formula is C10H11IN2O3. The summed E-state index contributed by atoms with van der Waals surface area (Å²) in [5.41, 5.74) is 0. The quantitative estimate of drug-likeness (QED) is 0.815. The number of nitrogens with one attached hydrogen (secondary N) is 2. The minimum Gasteiger partial charge on any atom is -0.483 e. The van der Waals surface area contributed by atoms with E-state index < -0.39 is 11.9 Å². The van der Waals surface area contributed by atoms with Crippen molar-refractivity contribution in [1.82, 2.24) is 10.6 Å². The second-order valence-corrected chi connectivity index (χ2v) is 4.01. The van der Waals surface area contributed by atoms with Crippen LogP contribution in [-0.2, 0) is 4.79 Å². The van der Waals surface area contributed by atoms with Gasteiger partial charge in [0, 0.05) is 7.05 Å². The van der Waals surface area contributed by atoms with Gasteiger partial charge >= 0.3 is 6.03 Å². The first-order valence-corrected chi connectivity index (χ1v) is 5.60. The number of halogens is 1. The Morgan fingerprint density at radius 1 is 1.38 bits per heavy atom. The van der Waals surface area contributed by atoms with Gasteiger partial charge in [0.1, 0.15) is 5.75 Å². The summed E-state index contributed by atoms with van der Waals surface area (Å²) in [6.07, 6.45) is 0. The van der Waals surface area contributed by atoms with Crippen LogP contribution in [0.1, 0.15) is 0 Å². The highest BCUT2D eigenvalue weighted by molar-refractivity contribution is 14.1. The Morgan fingerprint density at radius 2 is 2.06 bits per heavy atom. The van der Waals surface area contributed by atoms with Crippen LogP contribution in [0.15, 0.2) is 24.3 Å². The fraction of sp³-hybridized carbons (Fsp3) is 0.200. The summed E-state index contributed by atoms with van der Waals surface area (Å²) in [5, 5.41) is 4.38. The molecule has 0 saturated carbocycles. The molecule has 0 fully saturated rings. The Labute approximate surface area is 107 Å². The van der Waals surface area contributed by atoms with Gasteiger partial charge in [0.2, 0.25) is 0 Å². The maximum absolute atomic E-state index is 11.2. The molecule has 0 radical (unpaired) electrons. The summed E-state index contributed by atoms with van der Waals surface area (Å²) < 4.78 is 6.15. The van der Waals surface area contributed by atoms with Crippen LogP contribution in [0.4, 0.5) is 4.79 Å². The number of amides is 3. The number of urea groups is 1. The molecule has 2 N–H and O–H groups in total. The van der Waals surface area contributed by atoms with Gasteiger partial charge in [-0.2, -0.15) is 0 Å². The smallest absolute Gasteiger partial charge is 0.321 e. The van der Waals surface area contributed by atoms with E-state index >= 15 is 0 Å². The Bertz CT molecular complexity index is 395. The largest absolute Gasteiger partial charge is 0.483 e. The lowest BCUT2D eigenvalue weighted by Crippen LogP contribution is -2.39. The highest BCUT2D eigenvalue weighted by Crippen LogP contribution is 2.19. The summed E-state index contributed by atoms with van der Waals surface area (Å²) >= 11 is 2.10. The number of carbonyl (C=O) groups excluding carboxylic acids is 2. The summed E-state index contributed by atoms with van der Waals surface area (Å²) in [6.45, 7) is -0.187. The minimum atomic E-state index is -0.545. The van der Waals surface area contributed by atoms with Crippen LogP contribution in [0.2, 0.25) is 0 Å². The Kier molecular flexibility index (Phi) is 5.03. The predicted molar refractivity (Wildman–Crippen MR) is 67.3 cm³/mol. The summed E-state index contributed by atoms with van der Waals surface area (Å²) in [5.74, 6) is 0.133. The van der Waals surface area contributed by atoms with Crippen molar-refractivity contribution in [1.29, 1.82) is 0 Å². The van der Waals surface area contributed by atoms with E-state index in [0.717, 1.165) is 3.57 Å². The van der Waals surface area contributed by atoms with Crippen LogP contribution in [0.5, 0.6) is 5.75 Å². The van der Waals surface area contributed by atoms with Gasteiger partial charge in [-0.05, 0) is 34.7 Å². The maximum Gasteiger partial charge on any atom is 0.321 e. The van der Waals surface area contributed by atoms with Crippen molar-refractivity contribution in [3.63, 3.8) is 0 Å². The summed E-state index contributed by atoms with van der Waals surface area (Å²) in [4.78, 5) is 22.0. The number of carbonyl (C=O) groups is 2. The van der Waals surface area contributed by atoms with Gasteiger partial charge in [-0.3, -0.25) is 10.1 Å². The van der Waals surface area contributed by atoms with Gasteiger partial charge in [-0.15, -0.1) is 0 Å². The lowest BCUT2D eigenvalue weighted by atomic mass is 10.3. The fourth-order valence-electron chi connectivity index (χ4n) is 0.930. The van der Waals surface area contributed by atoms with Gasteiger partial charge in [0.05, 0.1) is 3.57 Å². The van der Waals surface area contributed by atoms with E-state index in [1.165, 1.54) is 7.05 Å². The van der Waals surface area contributed by atoms with Gasteiger partial charge in [-0.25, -0.2) is 4.79 Å². The van der Waals surface area contributed by atoms with Crippen LogP contribution in [0, 0.1) is 3.57 Å². The molecule has 5 nitrogen and oxygen atoms in total. The molecule has 1 rings (SSSR count). The van der Waals surface area contributed by atoms with Crippen molar-refractivity contribution >= 4 is 34.5 Å². The first-order valence-electron chi connectivity index (χ1n) is 4.52.